The third-order valence-electron chi connectivity index (χ3n) is 8.22. The van der Waals surface area contributed by atoms with Gasteiger partial charge >= 0.3 is 0 Å². The van der Waals surface area contributed by atoms with Crippen LogP contribution in [0.4, 0.5) is 10.2 Å². The lowest BCUT2D eigenvalue weighted by atomic mass is 9.68. The summed E-state index contributed by atoms with van der Waals surface area (Å²) in [4.78, 5) is 22.8. The van der Waals surface area contributed by atoms with E-state index in [9.17, 15) is 4.39 Å². The fraction of sp³-hybridized carbons (Fsp3) is 0.500. The van der Waals surface area contributed by atoms with Crippen LogP contribution in [-0.4, -0.2) is 41.7 Å². The third kappa shape index (κ3) is 4.91. The Balaban J connectivity index is 0.000000892. The number of nitrogens with one attached hydrogen (secondary N) is 1. The van der Waals surface area contributed by atoms with Gasteiger partial charge < -0.3 is 19.6 Å². The number of aromatic nitrogens is 5. The summed E-state index contributed by atoms with van der Waals surface area (Å²) in [5, 5.41) is 12.5. The molecule has 4 aromatic rings. The van der Waals surface area contributed by atoms with Crippen molar-refractivity contribution in [3.05, 3.63) is 36.5 Å². The van der Waals surface area contributed by atoms with Crippen molar-refractivity contribution in [2.24, 2.45) is 24.8 Å². The number of nitrogens with zero attached hydrogens (tertiary/aromatic N) is 5. The quantitative estimate of drug-likeness (QED) is 0.318. The number of pyridine rings is 1. The minimum atomic E-state index is -0.341. The molecule has 0 radical (unpaired) electrons. The van der Waals surface area contributed by atoms with E-state index >= 15 is 0 Å². The Morgan fingerprint density at radius 3 is 2.65 bits per heavy atom. The van der Waals surface area contributed by atoms with Crippen molar-refractivity contribution in [2.75, 3.05) is 5.32 Å². The van der Waals surface area contributed by atoms with E-state index in [0.29, 0.717) is 17.8 Å². The van der Waals surface area contributed by atoms with Crippen LogP contribution in [0.3, 0.4) is 0 Å². The molecule has 3 aliphatic carbocycles. The summed E-state index contributed by atoms with van der Waals surface area (Å²) in [6, 6.07) is 4.12. The van der Waals surface area contributed by atoms with Gasteiger partial charge in [-0.1, -0.05) is 33.1 Å². The van der Waals surface area contributed by atoms with E-state index in [-0.39, 0.29) is 12.3 Å². The van der Waals surface area contributed by atoms with Gasteiger partial charge in [-0.15, -0.1) is 0 Å². The van der Waals surface area contributed by atoms with Gasteiger partial charge in [0.1, 0.15) is 22.9 Å². The summed E-state index contributed by atoms with van der Waals surface area (Å²) in [7, 11) is 2.01. The number of hydrogen-bond donors (Lipinski definition) is 2. The summed E-state index contributed by atoms with van der Waals surface area (Å²) >= 11 is 0. The number of carboxylic acid groups (broad SMARTS) is 1. The fourth-order valence-corrected chi connectivity index (χ4v) is 6.03. The van der Waals surface area contributed by atoms with E-state index in [1.807, 2.05) is 17.8 Å². The summed E-state index contributed by atoms with van der Waals surface area (Å²) in [5.41, 5.74) is 2.51. The van der Waals surface area contributed by atoms with Crippen molar-refractivity contribution < 1.29 is 14.3 Å². The molecule has 4 heterocycles. The van der Waals surface area contributed by atoms with Crippen molar-refractivity contribution in [1.29, 1.82) is 0 Å². The van der Waals surface area contributed by atoms with E-state index < -0.39 is 0 Å². The fourth-order valence-electron chi connectivity index (χ4n) is 6.03. The maximum Gasteiger partial charge on any atom is 0.290 e. The zero-order valence-corrected chi connectivity index (χ0v) is 21.7. The number of carbonyl (C=O) groups is 1. The number of anilines is 1. The van der Waals surface area contributed by atoms with Gasteiger partial charge in [0.05, 0.1) is 11.6 Å². The molecule has 0 aliphatic heterocycles. The molecule has 0 spiro atoms. The standard InChI is InChI=1S/C27H33FN6.CH2O2/c1-4-16(2)14-34-15-22(21-12-19(28)13-29-26(21)34)25-31-24(20-9-10-33(3)27(20)32-25)30-23-11-17-5-7-18(23)8-6-17;2-1-3/h9-10,12-13,15-18,23H,4-8,11,14H2,1-3H3,(H,30,31,32);1H,(H,2,3). The van der Waals surface area contributed by atoms with E-state index in [2.05, 4.69) is 41.0 Å². The van der Waals surface area contributed by atoms with E-state index in [1.54, 1.807) is 6.07 Å². The maximum atomic E-state index is 14.3. The Hall–Kier alpha value is -3.49. The molecule has 2 atom stereocenters. The number of aryl methyl sites for hydroxylation is 1. The molecule has 3 saturated carbocycles. The highest BCUT2D eigenvalue weighted by Crippen LogP contribution is 2.43. The molecule has 2 N–H and O–H groups in total. The first kappa shape index (κ1) is 25.2. The van der Waals surface area contributed by atoms with Crippen LogP contribution in [-0.2, 0) is 18.4 Å². The Bertz CT molecular complexity index is 1400. The van der Waals surface area contributed by atoms with Gasteiger partial charge in [0.2, 0.25) is 0 Å². The smallest absolute Gasteiger partial charge is 0.290 e. The van der Waals surface area contributed by atoms with Crippen LogP contribution in [0.5, 0.6) is 0 Å². The van der Waals surface area contributed by atoms with E-state index in [0.717, 1.165) is 58.2 Å². The molecule has 196 valence electrons. The van der Waals surface area contributed by atoms with Gasteiger partial charge in [-0.2, -0.15) is 0 Å². The van der Waals surface area contributed by atoms with Gasteiger partial charge in [-0.25, -0.2) is 19.3 Å². The predicted molar refractivity (Wildman–Crippen MR) is 143 cm³/mol. The van der Waals surface area contributed by atoms with Crippen molar-refractivity contribution in [3.63, 3.8) is 0 Å². The van der Waals surface area contributed by atoms with Crippen molar-refractivity contribution in [2.45, 2.75) is 65.0 Å². The average molecular weight is 507 g/mol. The van der Waals surface area contributed by atoms with Crippen molar-refractivity contribution in [3.8, 4) is 11.4 Å². The largest absolute Gasteiger partial charge is 0.483 e. The van der Waals surface area contributed by atoms with Crippen LogP contribution in [0.15, 0.2) is 30.7 Å². The Morgan fingerprint density at radius 1 is 1.22 bits per heavy atom. The molecule has 4 aromatic heterocycles. The van der Waals surface area contributed by atoms with Gasteiger partial charge in [0.25, 0.3) is 6.47 Å². The summed E-state index contributed by atoms with van der Waals surface area (Å²) in [6.45, 7) is 4.99. The highest BCUT2D eigenvalue weighted by molar-refractivity contribution is 5.95. The Morgan fingerprint density at radius 2 is 1.97 bits per heavy atom. The molecule has 3 aliphatic rings. The number of halogens is 1. The van der Waals surface area contributed by atoms with Crippen LogP contribution in [0.1, 0.15) is 52.4 Å². The summed E-state index contributed by atoms with van der Waals surface area (Å²) < 4.78 is 18.4. The molecule has 8 nitrogen and oxygen atoms in total. The predicted octanol–water partition coefficient (Wildman–Crippen LogP) is 5.86. The molecule has 3 fully saturated rings. The molecule has 7 rings (SSSR count). The lowest BCUT2D eigenvalue weighted by Gasteiger charge is -2.42. The van der Waals surface area contributed by atoms with Crippen molar-refractivity contribution in [1.82, 2.24) is 24.1 Å². The maximum absolute atomic E-state index is 14.3. The SMILES string of the molecule is CCC(C)Cn1cc(-c2nc(NC3CC4CCC3CC4)c3ccn(C)c3n2)c2cc(F)cnc21.O=CO. The lowest BCUT2D eigenvalue weighted by Crippen LogP contribution is -2.40. The zero-order valence-electron chi connectivity index (χ0n) is 21.7. The normalized spacial score (nSPS) is 21.6. The molecule has 9 heteroatoms. The van der Waals surface area contributed by atoms with Crippen LogP contribution in [0.2, 0.25) is 0 Å². The van der Waals surface area contributed by atoms with Gasteiger partial charge in [0.15, 0.2) is 5.82 Å². The van der Waals surface area contributed by atoms with Gasteiger partial charge in [-0.3, -0.25) is 4.79 Å². The van der Waals surface area contributed by atoms with Gasteiger partial charge in [-0.05, 0) is 49.1 Å². The van der Waals surface area contributed by atoms with Crippen LogP contribution in [0.25, 0.3) is 33.5 Å². The summed E-state index contributed by atoms with van der Waals surface area (Å²) in [6.07, 6.45) is 13.0. The summed E-state index contributed by atoms with van der Waals surface area (Å²) in [5.74, 6) is 3.22. The van der Waals surface area contributed by atoms with Crippen LogP contribution < -0.4 is 5.32 Å². The highest BCUT2D eigenvalue weighted by Gasteiger charge is 2.36. The lowest BCUT2D eigenvalue weighted by molar-refractivity contribution is -0.122. The first-order chi connectivity index (χ1) is 17.9. The number of hydrogen-bond acceptors (Lipinski definition) is 5. The monoisotopic (exact) mass is 506 g/mol. The molecule has 0 saturated heterocycles. The van der Waals surface area contributed by atoms with Crippen LogP contribution in [0, 0.1) is 23.6 Å². The minimum absolute atomic E-state index is 0.250. The Labute approximate surface area is 215 Å². The first-order valence-corrected chi connectivity index (χ1v) is 13.2. The van der Waals surface area contributed by atoms with E-state index in [1.165, 1.54) is 38.3 Å². The number of fused-ring (bicyclic) bond motifs is 5. The second kappa shape index (κ2) is 10.5. The number of rotatable bonds is 6. The minimum Gasteiger partial charge on any atom is -0.483 e. The molecular formula is C28H35FN6O2. The average Bonchev–Trinajstić information content (AvgIpc) is 3.45. The van der Waals surface area contributed by atoms with E-state index in [4.69, 9.17) is 19.9 Å². The molecule has 0 aromatic carbocycles. The van der Waals surface area contributed by atoms with Gasteiger partial charge in [0, 0.05) is 43.0 Å². The third-order valence-corrected chi connectivity index (χ3v) is 8.22. The topological polar surface area (TPSA) is 97.9 Å². The molecule has 2 bridgehead atoms. The first-order valence-electron chi connectivity index (χ1n) is 13.2. The molecular weight excluding hydrogens is 471 g/mol. The van der Waals surface area contributed by atoms with Crippen LogP contribution >= 0.6 is 0 Å². The molecule has 37 heavy (non-hydrogen) atoms. The molecule has 2 unspecified atom stereocenters. The van der Waals surface area contributed by atoms with Crippen molar-refractivity contribution >= 4 is 34.4 Å². The highest BCUT2D eigenvalue weighted by atomic mass is 19.1. The molecule has 0 amide bonds. The zero-order chi connectivity index (χ0) is 26.1. The second-order valence-electron chi connectivity index (χ2n) is 10.7. The second-order valence-corrected chi connectivity index (χ2v) is 10.7. The Kier molecular flexibility index (Phi) is 7.13.